The van der Waals surface area contributed by atoms with Crippen LogP contribution in [0.25, 0.3) is 0 Å². The van der Waals surface area contributed by atoms with Crippen molar-refractivity contribution >= 4 is 59.1 Å². The van der Waals surface area contributed by atoms with E-state index in [-0.39, 0.29) is 25.4 Å². The fourth-order valence-electron chi connectivity index (χ4n) is 10.4. The molecule has 0 fully saturated rings. The standard InChI is InChI=1S/C71H124N10O13/c1-9-11-13-15-17-19-21-23-24-26-28-30-32-34-39-43-60(84)78-57(58(82)42-38-33-31-29-27-25-22-20-18-16-14-12-10-2)50-94-65(89)49-75-63(87)47-73-62(86)46-74-64(88)48-76-70(92)66(51(3)4)81-71(93)67(52(5)6)80-61(85)45-59(83)56(44-55-40-36-35-37-41-55)79-69(91)54(8)77-68(90)53(7)72/h35-38,40-42,51-54,56-59,66-67,82-83H,9-34,39,43-50,72H2,1-8H3,(H,73,86)(H,74,88)(H,75,87)(H,76,92)(H,77,90)(H,78,84)(H,79,91)(H,80,85)(H,81,93)/b42-38-/t53-,54-,56?,57?,58?,59?,66-,67-/m0/s1. The first-order chi connectivity index (χ1) is 45.0. The Morgan fingerprint density at radius 1 is 0.457 bits per heavy atom. The van der Waals surface area contributed by atoms with Gasteiger partial charge in [0, 0.05) is 6.42 Å². The van der Waals surface area contributed by atoms with Crippen LogP contribution in [0.4, 0.5) is 0 Å². The highest BCUT2D eigenvalue weighted by Gasteiger charge is 2.33. The Morgan fingerprint density at radius 3 is 1.38 bits per heavy atom. The minimum Gasteiger partial charge on any atom is -0.462 e. The molecule has 1 rings (SSSR count). The smallest absolute Gasteiger partial charge is 0.325 e. The molecule has 0 aliphatic heterocycles. The molecular formula is C71H124N10O13. The van der Waals surface area contributed by atoms with Gasteiger partial charge in [-0.1, -0.05) is 238 Å². The summed E-state index contributed by atoms with van der Waals surface area (Å²) in [6.45, 7) is 11.4. The number of nitrogens with two attached hydrogens (primary N) is 1. The highest BCUT2D eigenvalue weighted by atomic mass is 16.5. The van der Waals surface area contributed by atoms with Crippen LogP contribution in [-0.2, 0) is 59.1 Å². The number of carbonyl (C=O) groups is 10. The van der Waals surface area contributed by atoms with E-state index >= 15 is 0 Å². The molecule has 0 bridgehead atoms. The molecule has 0 aromatic heterocycles. The van der Waals surface area contributed by atoms with Crippen LogP contribution in [0.3, 0.4) is 0 Å². The van der Waals surface area contributed by atoms with E-state index in [2.05, 4.69) is 61.7 Å². The molecule has 0 saturated carbocycles. The summed E-state index contributed by atoms with van der Waals surface area (Å²) < 4.78 is 5.40. The molecule has 0 heterocycles. The summed E-state index contributed by atoms with van der Waals surface area (Å²) in [4.78, 5) is 130. The van der Waals surface area contributed by atoms with Crippen LogP contribution in [-0.4, -0.2) is 151 Å². The molecule has 23 heteroatoms. The first-order valence-corrected chi connectivity index (χ1v) is 35.5. The maximum atomic E-state index is 13.7. The Morgan fingerprint density at radius 2 is 0.904 bits per heavy atom. The molecule has 0 radical (unpaired) electrons. The molecule has 9 amide bonds. The lowest BCUT2D eigenvalue weighted by Crippen LogP contribution is -2.58. The van der Waals surface area contributed by atoms with Crippen LogP contribution >= 0.6 is 0 Å². The van der Waals surface area contributed by atoms with Crippen LogP contribution in [0.15, 0.2) is 42.5 Å². The number of hydrogen-bond donors (Lipinski definition) is 12. The molecule has 1 aromatic rings. The summed E-state index contributed by atoms with van der Waals surface area (Å²) in [7, 11) is 0. The number of allylic oxidation sites excluding steroid dienone is 1. The Kier molecular flexibility index (Phi) is 48.9. The number of amides is 9. The van der Waals surface area contributed by atoms with Crippen molar-refractivity contribution in [2.45, 2.75) is 296 Å². The van der Waals surface area contributed by atoms with Crippen molar-refractivity contribution in [3.05, 3.63) is 48.0 Å². The van der Waals surface area contributed by atoms with Gasteiger partial charge in [-0.3, -0.25) is 47.9 Å². The minimum absolute atomic E-state index is 0.123. The lowest BCUT2D eigenvalue weighted by atomic mass is 9.97. The maximum absolute atomic E-state index is 13.7. The van der Waals surface area contributed by atoms with Crippen LogP contribution < -0.4 is 53.6 Å². The third-order valence-corrected chi connectivity index (χ3v) is 16.4. The first kappa shape index (κ1) is 85.6. The largest absolute Gasteiger partial charge is 0.462 e. The second kappa shape index (κ2) is 53.7. The number of hydrogen-bond acceptors (Lipinski definition) is 14. The third kappa shape index (κ3) is 43.5. The van der Waals surface area contributed by atoms with Crippen LogP contribution in [0.1, 0.15) is 247 Å². The SMILES string of the molecule is CCCCCCCCCCCCC/C=C\C(O)C(COC(=O)CNC(=O)CNC(=O)CNC(=O)CNC(=O)[C@@H](NC(=O)[C@@H](NC(=O)CC(O)C(Cc1ccccc1)NC(=O)[C@H](C)NC(=O)[C@H](C)N)C(C)C)C(C)C)NC(=O)CCCCCCCCCCCCCCCCC. The van der Waals surface area contributed by atoms with Gasteiger partial charge < -0.3 is 68.5 Å². The summed E-state index contributed by atoms with van der Waals surface area (Å²) >= 11 is 0. The van der Waals surface area contributed by atoms with Crippen molar-refractivity contribution in [1.82, 2.24) is 47.9 Å². The third-order valence-electron chi connectivity index (χ3n) is 16.4. The first-order valence-electron chi connectivity index (χ1n) is 35.5. The number of carbonyl (C=O) groups excluding carboxylic acids is 10. The normalized spacial score (nSPS) is 13.9. The summed E-state index contributed by atoms with van der Waals surface area (Å²) in [5.74, 6) is -7.75. The average Bonchev–Trinajstić information content (AvgIpc) is 1.56. The topological polar surface area (TPSA) is 355 Å². The second-order valence-corrected chi connectivity index (χ2v) is 26.0. The van der Waals surface area contributed by atoms with E-state index in [9.17, 15) is 58.2 Å². The number of unbranched alkanes of at least 4 members (excludes halogenated alkanes) is 25. The number of aliphatic hydroxyl groups excluding tert-OH is 2. The van der Waals surface area contributed by atoms with Gasteiger partial charge in [0.1, 0.15) is 31.3 Å². The van der Waals surface area contributed by atoms with Gasteiger partial charge in [0.15, 0.2) is 0 Å². The number of aliphatic hydroxyl groups is 2. The van der Waals surface area contributed by atoms with Crippen LogP contribution in [0, 0.1) is 11.8 Å². The fourth-order valence-corrected chi connectivity index (χ4v) is 10.4. The molecule has 23 nitrogen and oxygen atoms in total. The van der Waals surface area contributed by atoms with Gasteiger partial charge in [0.2, 0.25) is 53.2 Å². The van der Waals surface area contributed by atoms with Crippen molar-refractivity contribution in [3.63, 3.8) is 0 Å². The van der Waals surface area contributed by atoms with E-state index in [0.29, 0.717) is 6.42 Å². The molecule has 0 aliphatic rings. The van der Waals surface area contributed by atoms with Gasteiger partial charge in [-0.05, 0) is 56.9 Å². The molecular weight excluding hydrogens is 1200 g/mol. The summed E-state index contributed by atoms with van der Waals surface area (Å²) in [6.07, 6.45) is 33.1. The average molecular weight is 1330 g/mol. The Hall–Kier alpha value is -6.46. The van der Waals surface area contributed by atoms with Crippen molar-refractivity contribution in [1.29, 1.82) is 0 Å². The monoisotopic (exact) mass is 1320 g/mol. The van der Waals surface area contributed by atoms with E-state index in [0.717, 1.165) is 50.5 Å². The maximum Gasteiger partial charge on any atom is 0.325 e. The van der Waals surface area contributed by atoms with E-state index in [1.807, 2.05) is 6.08 Å². The van der Waals surface area contributed by atoms with E-state index in [1.165, 1.54) is 136 Å². The predicted molar refractivity (Wildman–Crippen MR) is 368 cm³/mol. The molecule has 13 N–H and O–H groups in total. The van der Waals surface area contributed by atoms with Gasteiger partial charge in [0.25, 0.3) is 0 Å². The van der Waals surface area contributed by atoms with Gasteiger partial charge in [-0.2, -0.15) is 0 Å². The number of nitrogens with one attached hydrogen (secondary N) is 9. The highest BCUT2D eigenvalue weighted by molar-refractivity contribution is 5.95. The molecule has 0 spiro atoms. The zero-order valence-corrected chi connectivity index (χ0v) is 58.5. The molecule has 8 atom stereocenters. The fraction of sp³-hybridized carbons (Fsp3) is 0.746. The zero-order chi connectivity index (χ0) is 69.9. The molecule has 4 unspecified atom stereocenters. The number of esters is 1. The second-order valence-electron chi connectivity index (χ2n) is 26.0. The van der Waals surface area contributed by atoms with E-state index in [4.69, 9.17) is 10.5 Å². The number of benzene rings is 1. The molecule has 1 aromatic carbocycles. The molecule has 94 heavy (non-hydrogen) atoms. The van der Waals surface area contributed by atoms with Gasteiger partial charge >= 0.3 is 5.97 Å². The number of rotatable bonds is 56. The van der Waals surface area contributed by atoms with E-state index in [1.54, 1.807) is 64.1 Å². The minimum atomic E-state index is -1.44. The summed E-state index contributed by atoms with van der Waals surface area (Å²) in [5, 5.41) is 45.2. The summed E-state index contributed by atoms with van der Waals surface area (Å²) in [5.41, 5.74) is 6.37. The predicted octanol–water partition coefficient (Wildman–Crippen LogP) is 6.97. The van der Waals surface area contributed by atoms with Crippen molar-refractivity contribution in [3.8, 4) is 0 Å². The van der Waals surface area contributed by atoms with E-state index < -0.39 is 146 Å². The van der Waals surface area contributed by atoms with Crippen molar-refractivity contribution in [2.24, 2.45) is 17.6 Å². The quantitative estimate of drug-likeness (QED) is 0.0178. The number of ether oxygens (including phenoxy) is 1. The van der Waals surface area contributed by atoms with Gasteiger partial charge in [-0.15, -0.1) is 0 Å². The molecule has 0 aliphatic carbocycles. The zero-order valence-electron chi connectivity index (χ0n) is 58.5. The van der Waals surface area contributed by atoms with Gasteiger partial charge in [0.05, 0.1) is 56.4 Å². The van der Waals surface area contributed by atoms with Gasteiger partial charge in [-0.25, -0.2) is 0 Å². The van der Waals surface area contributed by atoms with Crippen LogP contribution in [0.5, 0.6) is 0 Å². The van der Waals surface area contributed by atoms with Crippen molar-refractivity contribution in [2.75, 3.05) is 32.8 Å². The Bertz CT molecular complexity index is 2340. The van der Waals surface area contributed by atoms with Crippen LogP contribution in [0.2, 0.25) is 0 Å². The lowest BCUT2D eigenvalue weighted by molar-refractivity contribution is -0.146. The Balaban J connectivity index is 2.68. The Labute approximate surface area is 562 Å². The van der Waals surface area contributed by atoms with Crippen molar-refractivity contribution < 1.29 is 62.9 Å². The lowest BCUT2D eigenvalue weighted by Gasteiger charge is -2.28. The molecule has 0 saturated heterocycles. The summed E-state index contributed by atoms with van der Waals surface area (Å²) in [6, 6.07) is 2.75. The molecule has 536 valence electrons. The highest BCUT2D eigenvalue weighted by Crippen LogP contribution is 2.17.